The van der Waals surface area contributed by atoms with Gasteiger partial charge in [-0.05, 0) is 70.0 Å². The summed E-state index contributed by atoms with van der Waals surface area (Å²) in [6.07, 6.45) is 0.256. The van der Waals surface area contributed by atoms with E-state index in [1.165, 1.54) is 5.56 Å². The SMILES string of the molecule is CCOc1cc(C(=O)NC2CC(=O)N(c3ccc(C)c(C)c3)C2)cc(OCC)c1OCC. The molecule has 7 heteroatoms. The van der Waals surface area contributed by atoms with Crippen molar-refractivity contribution in [2.75, 3.05) is 31.3 Å². The summed E-state index contributed by atoms with van der Waals surface area (Å²) in [5.74, 6) is 1.13. The zero-order valence-corrected chi connectivity index (χ0v) is 19.5. The number of nitrogens with zero attached hydrogens (tertiary/aromatic N) is 1. The molecule has 1 saturated heterocycles. The van der Waals surface area contributed by atoms with Gasteiger partial charge in [-0.15, -0.1) is 0 Å². The molecule has 1 atom stereocenters. The number of ether oxygens (including phenoxy) is 3. The molecule has 172 valence electrons. The van der Waals surface area contributed by atoms with Crippen LogP contribution >= 0.6 is 0 Å². The highest BCUT2D eigenvalue weighted by molar-refractivity contribution is 5.99. The Morgan fingerprint density at radius 1 is 0.969 bits per heavy atom. The van der Waals surface area contributed by atoms with Crippen LogP contribution in [0, 0.1) is 13.8 Å². The van der Waals surface area contributed by atoms with Gasteiger partial charge in [0.25, 0.3) is 5.91 Å². The average Bonchev–Trinajstić information content (AvgIpc) is 3.12. The minimum atomic E-state index is -0.283. The van der Waals surface area contributed by atoms with Crippen LogP contribution in [0.3, 0.4) is 0 Å². The highest BCUT2D eigenvalue weighted by Gasteiger charge is 2.32. The molecule has 1 heterocycles. The molecule has 2 aromatic rings. The molecule has 1 aliphatic heterocycles. The van der Waals surface area contributed by atoms with Gasteiger partial charge in [0.05, 0.1) is 25.9 Å². The average molecular weight is 441 g/mol. The fraction of sp³-hybridized carbons (Fsp3) is 0.440. The minimum Gasteiger partial charge on any atom is -0.490 e. The van der Waals surface area contributed by atoms with Gasteiger partial charge in [0.1, 0.15) is 0 Å². The highest BCUT2D eigenvalue weighted by Crippen LogP contribution is 2.39. The van der Waals surface area contributed by atoms with E-state index in [0.717, 1.165) is 11.3 Å². The molecule has 32 heavy (non-hydrogen) atoms. The second-order valence-corrected chi connectivity index (χ2v) is 7.75. The Labute approximate surface area is 189 Å². The Morgan fingerprint density at radius 3 is 2.16 bits per heavy atom. The van der Waals surface area contributed by atoms with Crippen molar-refractivity contribution >= 4 is 17.5 Å². The maximum atomic E-state index is 13.0. The number of benzene rings is 2. The topological polar surface area (TPSA) is 77.1 Å². The molecule has 0 bridgehead atoms. The summed E-state index contributed by atoms with van der Waals surface area (Å²) in [6.45, 7) is 11.4. The number of carbonyl (C=O) groups excluding carboxylic acids is 2. The molecule has 1 aliphatic rings. The Bertz CT molecular complexity index is 961. The van der Waals surface area contributed by atoms with E-state index in [1.807, 2.05) is 52.8 Å². The van der Waals surface area contributed by atoms with Gasteiger partial charge in [0, 0.05) is 24.2 Å². The van der Waals surface area contributed by atoms with Crippen molar-refractivity contribution in [1.29, 1.82) is 0 Å². The molecule has 0 aromatic heterocycles. The van der Waals surface area contributed by atoms with Gasteiger partial charge in [-0.3, -0.25) is 9.59 Å². The Morgan fingerprint density at radius 2 is 1.59 bits per heavy atom. The first-order chi connectivity index (χ1) is 15.4. The molecular formula is C25H32N2O5. The number of aryl methyl sites for hydroxylation is 2. The summed E-state index contributed by atoms with van der Waals surface area (Å²) < 4.78 is 17.1. The quantitative estimate of drug-likeness (QED) is 0.637. The lowest BCUT2D eigenvalue weighted by molar-refractivity contribution is -0.117. The maximum Gasteiger partial charge on any atom is 0.251 e. The van der Waals surface area contributed by atoms with Crippen molar-refractivity contribution in [2.45, 2.75) is 47.1 Å². The summed E-state index contributed by atoms with van der Waals surface area (Å²) in [7, 11) is 0. The third-order valence-corrected chi connectivity index (χ3v) is 5.43. The monoisotopic (exact) mass is 440 g/mol. The predicted octanol–water partition coefficient (Wildman–Crippen LogP) is 4.03. The molecule has 0 aliphatic carbocycles. The number of rotatable bonds is 9. The minimum absolute atomic E-state index is 0.00439. The van der Waals surface area contributed by atoms with Crippen molar-refractivity contribution in [3.8, 4) is 17.2 Å². The predicted molar refractivity (Wildman–Crippen MR) is 124 cm³/mol. The Balaban J connectivity index is 1.79. The molecule has 1 N–H and O–H groups in total. The van der Waals surface area contributed by atoms with Crippen molar-refractivity contribution in [2.24, 2.45) is 0 Å². The van der Waals surface area contributed by atoms with Crippen molar-refractivity contribution in [1.82, 2.24) is 5.32 Å². The second-order valence-electron chi connectivity index (χ2n) is 7.75. The number of hydrogen-bond acceptors (Lipinski definition) is 5. The molecule has 0 saturated carbocycles. The smallest absolute Gasteiger partial charge is 0.251 e. The maximum absolute atomic E-state index is 13.0. The summed E-state index contributed by atoms with van der Waals surface area (Å²) in [4.78, 5) is 27.4. The van der Waals surface area contributed by atoms with E-state index < -0.39 is 0 Å². The van der Waals surface area contributed by atoms with Crippen LogP contribution in [0.4, 0.5) is 5.69 Å². The van der Waals surface area contributed by atoms with Gasteiger partial charge in [-0.1, -0.05) is 6.07 Å². The number of nitrogens with one attached hydrogen (secondary N) is 1. The number of anilines is 1. The van der Waals surface area contributed by atoms with E-state index in [4.69, 9.17) is 14.2 Å². The van der Waals surface area contributed by atoms with Crippen molar-refractivity contribution in [3.63, 3.8) is 0 Å². The van der Waals surface area contributed by atoms with E-state index in [1.54, 1.807) is 17.0 Å². The molecule has 0 spiro atoms. The van der Waals surface area contributed by atoms with E-state index in [2.05, 4.69) is 5.32 Å². The van der Waals surface area contributed by atoms with Crippen LogP contribution in [-0.4, -0.2) is 44.2 Å². The van der Waals surface area contributed by atoms with Crippen molar-refractivity contribution in [3.05, 3.63) is 47.0 Å². The van der Waals surface area contributed by atoms with E-state index in [0.29, 0.717) is 49.2 Å². The fourth-order valence-electron chi connectivity index (χ4n) is 3.74. The molecule has 0 radical (unpaired) electrons. The van der Waals surface area contributed by atoms with Crippen LogP contribution < -0.4 is 24.4 Å². The molecule has 2 amide bonds. The van der Waals surface area contributed by atoms with Gasteiger partial charge < -0.3 is 24.4 Å². The first kappa shape index (κ1) is 23.4. The Hall–Kier alpha value is -3.22. The molecule has 7 nitrogen and oxygen atoms in total. The van der Waals surface area contributed by atoms with Crippen LogP contribution in [0.15, 0.2) is 30.3 Å². The number of carbonyl (C=O) groups is 2. The van der Waals surface area contributed by atoms with Crippen molar-refractivity contribution < 1.29 is 23.8 Å². The lowest BCUT2D eigenvalue weighted by Gasteiger charge is -2.19. The van der Waals surface area contributed by atoms with Gasteiger partial charge >= 0.3 is 0 Å². The zero-order valence-electron chi connectivity index (χ0n) is 19.5. The van der Waals surface area contributed by atoms with Gasteiger partial charge in [-0.25, -0.2) is 0 Å². The third kappa shape index (κ3) is 5.15. The second kappa shape index (κ2) is 10.4. The molecular weight excluding hydrogens is 408 g/mol. The van der Waals surface area contributed by atoms with Crippen LogP contribution in [0.1, 0.15) is 48.7 Å². The number of hydrogen-bond donors (Lipinski definition) is 1. The van der Waals surface area contributed by atoms with Crippen LogP contribution in [0.5, 0.6) is 17.2 Å². The lowest BCUT2D eigenvalue weighted by atomic mass is 10.1. The summed E-state index contributed by atoms with van der Waals surface area (Å²) in [5, 5.41) is 2.99. The van der Waals surface area contributed by atoms with E-state index in [9.17, 15) is 9.59 Å². The van der Waals surface area contributed by atoms with E-state index >= 15 is 0 Å². The molecule has 1 unspecified atom stereocenters. The molecule has 3 rings (SSSR count). The van der Waals surface area contributed by atoms with Gasteiger partial charge in [0.15, 0.2) is 11.5 Å². The van der Waals surface area contributed by atoms with Gasteiger partial charge in [-0.2, -0.15) is 0 Å². The van der Waals surface area contributed by atoms with Gasteiger partial charge in [0.2, 0.25) is 11.7 Å². The first-order valence-corrected chi connectivity index (χ1v) is 11.1. The first-order valence-electron chi connectivity index (χ1n) is 11.1. The Kier molecular flexibility index (Phi) is 7.62. The largest absolute Gasteiger partial charge is 0.490 e. The third-order valence-electron chi connectivity index (χ3n) is 5.43. The summed E-state index contributed by atoms with van der Waals surface area (Å²) in [6, 6.07) is 8.99. The van der Waals surface area contributed by atoms with Crippen LogP contribution in [0.2, 0.25) is 0 Å². The standard InChI is InChI=1S/C25H32N2O5/c1-6-30-21-12-18(13-22(31-7-2)24(21)32-8-3)25(29)26-19-14-23(28)27(15-19)20-10-9-16(4)17(5)11-20/h9-13,19H,6-8,14-15H2,1-5H3,(H,26,29). The fourth-order valence-corrected chi connectivity index (χ4v) is 3.74. The highest BCUT2D eigenvalue weighted by atomic mass is 16.5. The summed E-state index contributed by atoms with van der Waals surface area (Å²) >= 11 is 0. The molecule has 1 fully saturated rings. The lowest BCUT2D eigenvalue weighted by Crippen LogP contribution is -2.37. The summed E-state index contributed by atoms with van der Waals surface area (Å²) in [5.41, 5.74) is 3.56. The zero-order chi connectivity index (χ0) is 23.3. The van der Waals surface area contributed by atoms with Crippen LogP contribution in [-0.2, 0) is 4.79 Å². The number of amides is 2. The molecule has 2 aromatic carbocycles. The van der Waals surface area contributed by atoms with Crippen LogP contribution in [0.25, 0.3) is 0 Å². The van der Waals surface area contributed by atoms with E-state index in [-0.39, 0.29) is 24.3 Å². The normalized spacial score (nSPS) is 15.6.